The van der Waals surface area contributed by atoms with Crippen LogP contribution in [-0.4, -0.2) is 16.6 Å². The molecule has 2 heterocycles. The number of hydrogen-bond donors (Lipinski definition) is 1. The first-order valence-corrected chi connectivity index (χ1v) is 5.09. The highest BCUT2D eigenvalue weighted by atomic mass is 16.5. The monoisotopic (exact) mass is 215 g/mol. The second kappa shape index (κ2) is 4.61. The molecule has 0 aliphatic rings. The Hall–Kier alpha value is -2.10. The lowest BCUT2D eigenvalue weighted by Gasteiger charge is -2.07. The number of anilines is 1. The van der Waals surface area contributed by atoms with Crippen LogP contribution in [0.4, 0.5) is 5.69 Å². The van der Waals surface area contributed by atoms with Gasteiger partial charge in [-0.1, -0.05) is 0 Å². The summed E-state index contributed by atoms with van der Waals surface area (Å²) in [5.74, 6) is 0.746. The summed E-state index contributed by atoms with van der Waals surface area (Å²) >= 11 is 0. The second-order valence-electron chi connectivity index (χ2n) is 3.31. The van der Waals surface area contributed by atoms with Crippen LogP contribution in [0.15, 0.2) is 36.9 Å². The fourth-order valence-corrected chi connectivity index (χ4v) is 1.48. The number of hydrogen-bond acceptors (Lipinski definition) is 4. The molecule has 0 aliphatic carbocycles. The van der Waals surface area contributed by atoms with E-state index >= 15 is 0 Å². The molecule has 0 fully saturated rings. The highest BCUT2D eigenvalue weighted by Gasteiger charge is 2.03. The molecule has 0 bridgehead atoms. The predicted molar refractivity (Wildman–Crippen MR) is 63.0 cm³/mol. The van der Waals surface area contributed by atoms with Gasteiger partial charge >= 0.3 is 0 Å². The molecule has 82 valence electrons. The van der Waals surface area contributed by atoms with Crippen molar-refractivity contribution < 1.29 is 4.74 Å². The molecule has 0 amide bonds. The number of rotatable bonds is 3. The Kier molecular flexibility index (Phi) is 3.00. The molecule has 0 unspecified atom stereocenters. The molecular weight excluding hydrogens is 202 g/mol. The van der Waals surface area contributed by atoms with E-state index < -0.39 is 0 Å². The second-order valence-corrected chi connectivity index (χ2v) is 3.31. The topological polar surface area (TPSA) is 61.0 Å². The third kappa shape index (κ3) is 2.11. The Balaban J connectivity index is 2.40. The smallest absolute Gasteiger partial charge is 0.138 e. The van der Waals surface area contributed by atoms with E-state index in [9.17, 15) is 0 Å². The molecule has 2 rings (SSSR count). The van der Waals surface area contributed by atoms with Gasteiger partial charge in [0.05, 0.1) is 24.7 Å². The summed E-state index contributed by atoms with van der Waals surface area (Å²) in [6, 6.07) is 3.78. The summed E-state index contributed by atoms with van der Waals surface area (Å²) < 4.78 is 5.39. The summed E-state index contributed by atoms with van der Waals surface area (Å²) in [6.07, 6.45) is 6.78. The Labute approximate surface area is 94.1 Å². The quantitative estimate of drug-likeness (QED) is 0.851. The van der Waals surface area contributed by atoms with E-state index in [1.807, 2.05) is 19.1 Å². The van der Waals surface area contributed by atoms with Crippen molar-refractivity contribution in [3.63, 3.8) is 0 Å². The highest BCUT2D eigenvalue weighted by Crippen LogP contribution is 2.26. The van der Waals surface area contributed by atoms with Crippen molar-refractivity contribution in [2.24, 2.45) is 0 Å². The van der Waals surface area contributed by atoms with E-state index in [4.69, 9.17) is 10.5 Å². The van der Waals surface area contributed by atoms with Gasteiger partial charge in [-0.05, 0) is 19.1 Å². The minimum Gasteiger partial charge on any atom is -0.492 e. The summed E-state index contributed by atoms with van der Waals surface area (Å²) in [4.78, 5) is 8.07. The molecule has 0 radical (unpaired) electrons. The zero-order chi connectivity index (χ0) is 11.4. The number of aromatic nitrogens is 2. The van der Waals surface area contributed by atoms with Crippen LogP contribution in [0.5, 0.6) is 5.75 Å². The van der Waals surface area contributed by atoms with Gasteiger partial charge < -0.3 is 10.5 Å². The van der Waals surface area contributed by atoms with E-state index in [1.54, 1.807) is 24.8 Å². The molecule has 0 spiro atoms. The molecule has 0 aromatic carbocycles. The lowest BCUT2D eigenvalue weighted by molar-refractivity contribution is 0.339. The Morgan fingerprint density at radius 3 is 2.88 bits per heavy atom. The lowest BCUT2D eigenvalue weighted by atomic mass is 10.1. The summed E-state index contributed by atoms with van der Waals surface area (Å²) in [5.41, 5.74) is 8.34. The predicted octanol–water partition coefficient (Wildman–Crippen LogP) is 2.12. The average molecular weight is 215 g/mol. The zero-order valence-corrected chi connectivity index (χ0v) is 9.05. The number of pyridine rings is 2. The molecule has 4 heteroatoms. The first-order chi connectivity index (χ1) is 7.81. The summed E-state index contributed by atoms with van der Waals surface area (Å²) in [6.45, 7) is 2.56. The van der Waals surface area contributed by atoms with Gasteiger partial charge in [-0.25, -0.2) is 0 Å². The van der Waals surface area contributed by atoms with Crippen LogP contribution in [0.2, 0.25) is 0 Å². The van der Waals surface area contributed by atoms with Crippen LogP contribution < -0.4 is 10.5 Å². The van der Waals surface area contributed by atoms with Gasteiger partial charge in [-0.15, -0.1) is 0 Å². The standard InChI is InChI=1S/C12H13N3O/c1-2-16-10-5-9(6-15-7-10)11-3-4-14-8-12(11)13/h3-8H,2,13H2,1H3. The molecule has 0 saturated heterocycles. The van der Waals surface area contributed by atoms with Crippen LogP contribution >= 0.6 is 0 Å². The van der Waals surface area contributed by atoms with E-state index in [0.717, 1.165) is 16.9 Å². The van der Waals surface area contributed by atoms with Crippen molar-refractivity contribution in [2.45, 2.75) is 6.92 Å². The fourth-order valence-electron chi connectivity index (χ4n) is 1.48. The molecular formula is C12H13N3O. The summed E-state index contributed by atoms with van der Waals surface area (Å²) in [5, 5.41) is 0. The zero-order valence-electron chi connectivity index (χ0n) is 9.05. The van der Waals surface area contributed by atoms with Crippen LogP contribution in [0.1, 0.15) is 6.92 Å². The van der Waals surface area contributed by atoms with E-state index in [0.29, 0.717) is 12.3 Å². The Morgan fingerprint density at radius 2 is 2.12 bits per heavy atom. The lowest BCUT2D eigenvalue weighted by Crippen LogP contribution is -1.94. The third-order valence-electron chi connectivity index (χ3n) is 2.19. The maximum absolute atomic E-state index is 5.85. The number of nitrogen functional groups attached to an aromatic ring is 1. The SMILES string of the molecule is CCOc1cncc(-c2ccncc2N)c1. The molecule has 2 N–H and O–H groups in total. The molecule has 0 saturated carbocycles. The Morgan fingerprint density at radius 1 is 1.25 bits per heavy atom. The number of nitrogens with zero attached hydrogens (tertiary/aromatic N) is 2. The van der Waals surface area contributed by atoms with Crippen LogP contribution in [0.3, 0.4) is 0 Å². The molecule has 0 aliphatic heterocycles. The normalized spacial score (nSPS) is 10.1. The van der Waals surface area contributed by atoms with Gasteiger partial charge in [-0.2, -0.15) is 0 Å². The minimum atomic E-state index is 0.622. The van der Waals surface area contributed by atoms with Crippen molar-refractivity contribution in [3.05, 3.63) is 36.9 Å². The highest BCUT2D eigenvalue weighted by molar-refractivity contribution is 5.75. The van der Waals surface area contributed by atoms with Crippen molar-refractivity contribution in [2.75, 3.05) is 12.3 Å². The summed E-state index contributed by atoms with van der Waals surface area (Å²) in [7, 11) is 0. The maximum atomic E-state index is 5.85. The van der Waals surface area contributed by atoms with Crippen molar-refractivity contribution in [1.82, 2.24) is 9.97 Å². The first-order valence-electron chi connectivity index (χ1n) is 5.09. The van der Waals surface area contributed by atoms with E-state index in [2.05, 4.69) is 9.97 Å². The Bertz CT molecular complexity index is 485. The van der Waals surface area contributed by atoms with Gasteiger partial charge in [-0.3, -0.25) is 9.97 Å². The van der Waals surface area contributed by atoms with E-state index in [-0.39, 0.29) is 0 Å². The van der Waals surface area contributed by atoms with Gasteiger partial charge in [0.15, 0.2) is 0 Å². The van der Waals surface area contributed by atoms with Gasteiger partial charge in [0.2, 0.25) is 0 Å². The number of nitrogens with two attached hydrogens (primary N) is 1. The van der Waals surface area contributed by atoms with E-state index in [1.165, 1.54) is 0 Å². The molecule has 2 aromatic heterocycles. The number of ether oxygens (including phenoxy) is 1. The van der Waals surface area contributed by atoms with Gasteiger partial charge in [0.25, 0.3) is 0 Å². The largest absolute Gasteiger partial charge is 0.492 e. The molecule has 16 heavy (non-hydrogen) atoms. The fraction of sp³-hybridized carbons (Fsp3) is 0.167. The van der Waals surface area contributed by atoms with Crippen molar-refractivity contribution in [1.29, 1.82) is 0 Å². The van der Waals surface area contributed by atoms with Gasteiger partial charge in [0.1, 0.15) is 5.75 Å². The molecule has 4 nitrogen and oxygen atoms in total. The van der Waals surface area contributed by atoms with Crippen molar-refractivity contribution >= 4 is 5.69 Å². The van der Waals surface area contributed by atoms with Crippen molar-refractivity contribution in [3.8, 4) is 16.9 Å². The third-order valence-corrected chi connectivity index (χ3v) is 2.19. The minimum absolute atomic E-state index is 0.622. The molecule has 2 aromatic rings. The first kappa shape index (κ1) is 10.4. The molecule has 0 atom stereocenters. The van der Waals surface area contributed by atoms with Crippen LogP contribution in [0, 0.1) is 0 Å². The van der Waals surface area contributed by atoms with Crippen LogP contribution in [-0.2, 0) is 0 Å². The van der Waals surface area contributed by atoms with Gasteiger partial charge in [0, 0.05) is 23.5 Å². The maximum Gasteiger partial charge on any atom is 0.138 e. The van der Waals surface area contributed by atoms with Crippen LogP contribution in [0.25, 0.3) is 11.1 Å². The average Bonchev–Trinajstić information content (AvgIpc) is 2.30.